The van der Waals surface area contributed by atoms with Gasteiger partial charge in [0.1, 0.15) is 5.78 Å². The molecule has 0 bridgehead atoms. The molecule has 0 aliphatic heterocycles. The van der Waals surface area contributed by atoms with Gasteiger partial charge in [0, 0.05) is 5.92 Å². The van der Waals surface area contributed by atoms with E-state index < -0.39 is 0 Å². The average Bonchev–Trinajstić information content (AvgIpc) is 2.53. The first-order valence-electron chi connectivity index (χ1n) is 4.46. The van der Waals surface area contributed by atoms with Crippen LogP contribution in [0.15, 0.2) is 0 Å². The smallest absolute Gasteiger partial charge is 0.146 e. The molecule has 0 aromatic rings. The second-order valence-electron chi connectivity index (χ2n) is 3.12. The van der Waals surface area contributed by atoms with Gasteiger partial charge >= 0.3 is 0 Å². The van der Waals surface area contributed by atoms with Gasteiger partial charge in [-0.05, 0) is 12.8 Å². The highest BCUT2D eigenvalue weighted by atomic mass is 16.3. The molecule has 11 heavy (non-hydrogen) atoms. The summed E-state index contributed by atoms with van der Waals surface area (Å²) in [5, 5.41) is 8.82. The quantitative estimate of drug-likeness (QED) is 0.622. The monoisotopic (exact) mass is 156 g/mol. The van der Waals surface area contributed by atoms with Crippen molar-refractivity contribution in [3.8, 4) is 0 Å². The van der Waals surface area contributed by atoms with Crippen molar-refractivity contribution in [2.75, 3.05) is 6.61 Å². The molecule has 2 nitrogen and oxygen atoms in total. The maximum Gasteiger partial charge on any atom is 0.146 e. The molecule has 0 aromatic carbocycles. The van der Waals surface area contributed by atoms with Crippen molar-refractivity contribution in [3.05, 3.63) is 0 Å². The second-order valence-corrected chi connectivity index (χ2v) is 3.12. The summed E-state index contributed by atoms with van der Waals surface area (Å²) in [5.74, 6) is 0.568. The Balaban J connectivity index is 0.000000281. The summed E-state index contributed by atoms with van der Waals surface area (Å²) in [5.41, 5.74) is -0.222. The van der Waals surface area contributed by atoms with Gasteiger partial charge in [-0.2, -0.15) is 0 Å². The van der Waals surface area contributed by atoms with E-state index in [1.165, 1.54) is 0 Å². The zero-order valence-corrected chi connectivity index (χ0v) is 7.26. The van der Waals surface area contributed by atoms with E-state index in [4.69, 9.17) is 5.11 Å². The molecule has 2 fully saturated rings. The molecule has 0 saturated heterocycles. The number of carbonyl (C=O) groups excluding carboxylic acids is 1. The minimum atomic E-state index is -0.222. The molecule has 64 valence electrons. The van der Waals surface area contributed by atoms with Crippen molar-refractivity contribution in [2.24, 2.45) is 11.3 Å². The summed E-state index contributed by atoms with van der Waals surface area (Å²) in [6, 6.07) is 0. The molecule has 2 aliphatic rings. The third kappa shape index (κ3) is 1.00. The SMILES string of the molecule is CC.O=C1C2CCCC12CO. The van der Waals surface area contributed by atoms with Crippen molar-refractivity contribution in [1.29, 1.82) is 0 Å². The molecule has 2 heteroatoms. The van der Waals surface area contributed by atoms with Gasteiger partial charge in [-0.3, -0.25) is 4.79 Å². The van der Waals surface area contributed by atoms with Crippen molar-refractivity contribution < 1.29 is 9.90 Å². The van der Waals surface area contributed by atoms with E-state index in [1.807, 2.05) is 13.8 Å². The predicted molar refractivity (Wildman–Crippen MR) is 43.2 cm³/mol. The van der Waals surface area contributed by atoms with Gasteiger partial charge in [-0.25, -0.2) is 0 Å². The van der Waals surface area contributed by atoms with Gasteiger partial charge < -0.3 is 5.11 Å². The van der Waals surface area contributed by atoms with E-state index in [-0.39, 0.29) is 17.9 Å². The number of ketones is 1. The van der Waals surface area contributed by atoms with Crippen LogP contribution in [0.2, 0.25) is 0 Å². The lowest BCUT2D eigenvalue weighted by Crippen LogP contribution is -2.07. The highest BCUT2D eigenvalue weighted by Crippen LogP contribution is 2.59. The minimum absolute atomic E-state index is 0.0938. The summed E-state index contributed by atoms with van der Waals surface area (Å²) in [6.45, 7) is 4.09. The van der Waals surface area contributed by atoms with Crippen LogP contribution in [0.1, 0.15) is 33.1 Å². The lowest BCUT2D eigenvalue weighted by molar-refractivity contribution is -0.114. The Morgan fingerprint density at radius 1 is 1.64 bits per heavy atom. The van der Waals surface area contributed by atoms with Gasteiger partial charge in [0.25, 0.3) is 0 Å². The molecule has 2 aliphatic carbocycles. The summed E-state index contributed by atoms with van der Waals surface area (Å²) in [4.78, 5) is 10.9. The molecule has 0 aromatic heterocycles. The molecular weight excluding hydrogens is 140 g/mol. The topological polar surface area (TPSA) is 37.3 Å². The van der Waals surface area contributed by atoms with E-state index >= 15 is 0 Å². The molecule has 2 rings (SSSR count). The minimum Gasteiger partial charge on any atom is -0.395 e. The first kappa shape index (κ1) is 8.72. The molecule has 0 spiro atoms. The van der Waals surface area contributed by atoms with E-state index in [9.17, 15) is 4.79 Å². The summed E-state index contributed by atoms with van der Waals surface area (Å²) < 4.78 is 0. The van der Waals surface area contributed by atoms with Crippen molar-refractivity contribution in [1.82, 2.24) is 0 Å². The fourth-order valence-electron chi connectivity index (χ4n) is 2.05. The first-order valence-corrected chi connectivity index (χ1v) is 4.46. The number of fused-ring (bicyclic) bond motifs is 1. The molecule has 0 radical (unpaired) electrons. The molecule has 2 saturated carbocycles. The molecule has 2 unspecified atom stereocenters. The Morgan fingerprint density at radius 3 is 2.55 bits per heavy atom. The van der Waals surface area contributed by atoms with Gasteiger partial charge in [0.05, 0.1) is 12.0 Å². The fourth-order valence-corrected chi connectivity index (χ4v) is 2.05. The molecule has 2 atom stereocenters. The number of aliphatic hydroxyl groups is 1. The van der Waals surface area contributed by atoms with Crippen molar-refractivity contribution in [3.63, 3.8) is 0 Å². The Kier molecular flexibility index (Phi) is 2.33. The number of carbonyl (C=O) groups is 1. The lowest BCUT2D eigenvalue weighted by atomic mass is 10.1. The summed E-state index contributed by atoms with van der Waals surface area (Å²) in [7, 11) is 0. The van der Waals surface area contributed by atoms with Crippen LogP contribution in [-0.4, -0.2) is 17.5 Å². The van der Waals surface area contributed by atoms with Gasteiger partial charge in [-0.15, -0.1) is 0 Å². The third-order valence-corrected chi connectivity index (χ3v) is 2.79. The number of Topliss-reactive ketones (excluding diaryl/α,β-unsaturated/α-hetero) is 1. The number of rotatable bonds is 1. The lowest BCUT2D eigenvalue weighted by Gasteiger charge is -2.00. The van der Waals surface area contributed by atoms with Crippen LogP contribution < -0.4 is 0 Å². The fraction of sp³-hybridized carbons (Fsp3) is 0.889. The van der Waals surface area contributed by atoms with Crippen molar-refractivity contribution in [2.45, 2.75) is 33.1 Å². The van der Waals surface area contributed by atoms with E-state index in [1.54, 1.807) is 0 Å². The average molecular weight is 156 g/mol. The normalized spacial score (nSPS) is 39.2. The largest absolute Gasteiger partial charge is 0.395 e. The number of hydrogen-bond donors (Lipinski definition) is 1. The van der Waals surface area contributed by atoms with Gasteiger partial charge in [0.2, 0.25) is 0 Å². The van der Waals surface area contributed by atoms with Crippen LogP contribution in [0, 0.1) is 11.3 Å². The predicted octanol–water partition coefficient (Wildman–Crippen LogP) is 1.37. The number of hydrogen-bond acceptors (Lipinski definition) is 2. The summed E-state index contributed by atoms with van der Waals surface area (Å²) >= 11 is 0. The molecule has 0 heterocycles. The Hall–Kier alpha value is -0.370. The van der Waals surface area contributed by atoms with E-state index in [0.29, 0.717) is 5.78 Å². The zero-order valence-electron chi connectivity index (χ0n) is 7.26. The Morgan fingerprint density at radius 2 is 2.27 bits per heavy atom. The maximum absolute atomic E-state index is 10.9. The van der Waals surface area contributed by atoms with Crippen molar-refractivity contribution >= 4 is 5.78 Å². The zero-order chi connectivity index (χ0) is 8.48. The molecular formula is C9H16O2. The van der Waals surface area contributed by atoms with Crippen LogP contribution in [0.4, 0.5) is 0 Å². The van der Waals surface area contributed by atoms with Crippen LogP contribution in [0.5, 0.6) is 0 Å². The second kappa shape index (κ2) is 2.94. The highest BCUT2D eigenvalue weighted by molar-refractivity contribution is 6.04. The number of aliphatic hydroxyl groups excluding tert-OH is 1. The first-order chi connectivity index (χ1) is 5.31. The Labute approximate surface area is 67.6 Å². The third-order valence-electron chi connectivity index (χ3n) is 2.79. The van der Waals surface area contributed by atoms with Crippen LogP contribution >= 0.6 is 0 Å². The van der Waals surface area contributed by atoms with E-state index in [2.05, 4.69) is 0 Å². The highest BCUT2D eigenvalue weighted by Gasteiger charge is 2.66. The Bertz CT molecular complexity index is 165. The summed E-state index contributed by atoms with van der Waals surface area (Å²) in [6.07, 6.45) is 3.10. The standard InChI is InChI=1S/C7H10O2.C2H6/c8-4-7-3-1-2-5(7)6(7)9;1-2/h5,8H,1-4H2;1-2H3. The van der Waals surface area contributed by atoms with Crippen LogP contribution in [-0.2, 0) is 4.79 Å². The van der Waals surface area contributed by atoms with Gasteiger partial charge in [0.15, 0.2) is 0 Å². The molecule has 1 N–H and O–H groups in total. The van der Waals surface area contributed by atoms with Gasteiger partial charge in [-0.1, -0.05) is 20.3 Å². The van der Waals surface area contributed by atoms with E-state index in [0.717, 1.165) is 19.3 Å². The molecule has 0 amide bonds. The van der Waals surface area contributed by atoms with Crippen LogP contribution in [0.25, 0.3) is 0 Å². The maximum atomic E-state index is 10.9. The van der Waals surface area contributed by atoms with Crippen LogP contribution in [0.3, 0.4) is 0 Å².